The van der Waals surface area contributed by atoms with Crippen LogP contribution in [-0.2, 0) is 0 Å². The fourth-order valence-electron chi connectivity index (χ4n) is 1.10. The van der Waals surface area contributed by atoms with Crippen LogP contribution in [0.15, 0.2) is 48.6 Å². The Balaban J connectivity index is 2.42. The van der Waals surface area contributed by atoms with Crippen LogP contribution in [0.4, 0.5) is 0 Å². The highest BCUT2D eigenvalue weighted by molar-refractivity contribution is 5.09. The molecule has 0 heteroatoms. The van der Waals surface area contributed by atoms with Crippen LogP contribution in [-0.4, -0.2) is 0 Å². The Morgan fingerprint density at radius 1 is 0.583 bits per heavy atom. The average Bonchev–Trinajstić information content (AvgIpc) is 2.05. The second-order valence-electron chi connectivity index (χ2n) is 2.88. The minimum Gasteiger partial charge on any atom is -0.0845 e. The molecule has 0 aromatic rings. The van der Waals surface area contributed by atoms with E-state index >= 15 is 0 Å². The van der Waals surface area contributed by atoms with Gasteiger partial charge in [-0.05, 0) is 25.7 Å². The zero-order valence-electron chi connectivity index (χ0n) is 7.45. The predicted octanol–water partition coefficient (Wildman–Crippen LogP) is 3.79. The van der Waals surface area contributed by atoms with E-state index in [1.165, 1.54) is 19.3 Å². The molecule has 0 aliphatic heterocycles. The van der Waals surface area contributed by atoms with Crippen molar-refractivity contribution in [1.82, 2.24) is 0 Å². The molecular formula is C12H16. The summed E-state index contributed by atoms with van der Waals surface area (Å²) in [5.41, 5.74) is 0. The van der Waals surface area contributed by atoms with E-state index < -0.39 is 0 Å². The first-order valence-corrected chi connectivity index (χ1v) is 4.63. The third-order valence-corrected chi connectivity index (χ3v) is 1.78. The highest BCUT2D eigenvalue weighted by Crippen LogP contribution is 2.00. The van der Waals surface area contributed by atoms with Crippen molar-refractivity contribution in [1.29, 1.82) is 0 Å². The minimum atomic E-state index is 1.04. The van der Waals surface area contributed by atoms with Gasteiger partial charge in [0, 0.05) is 0 Å². The van der Waals surface area contributed by atoms with E-state index in [1.54, 1.807) is 0 Å². The van der Waals surface area contributed by atoms with Crippen LogP contribution in [0.1, 0.15) is 25.7 Å². The van der Waals surface area contributed by atoms with Crippen molar-refractivity contribution >= 4 is 0 Å². The van der Waals surface area contributed by atoms with E-state index in [1.807, 2.05) is 0 Å². The normalized spacial score (nSPS) is 21.3. The van der Waals surface area contributed by atoms with Gasteiger partial charge in [-0.3, -0.25) is 0 Å². The van der Waals surface area contributed by atoms with Crippen molar-refractivity contribution in [2.45, 2.75) is 25.7 Å². The van der Waals surface area contributed by atoms with Gasteiger partial charge >= 0.3 is 0 Å². The first kappa shape index (κ1) is 9.05. The van der Waals surface area contributed by atoms with Gasteiger partial charge in [0.15, 0.2) is 0 Å². The Bertz CT molecular complexity index is 182. The number of hydrogen-bond acceptors (Lipinski definition) is 0. The standard InChI is InChI=1S/C12H16/c1-2-4-6-8-10-12-11-9-7-5-3-1/h1-4,7,9,11-12H,5-6,8,10H2/b3-1+,4-2?,9-7?,12-11?. The summed E-state index contributed by atoms with van der Waals surface area (Å²) in [6.07, 6.45) is 22.0. The minimum absolute atomic E-state index is 1.04. The van der Waals surface area contributed by atoms with Gasteiger partial charge in [-0.25, -0.2) is 0 Å². The molecule has 0 bridgehead atoms. The van der Waals surface area contributed by atoms with Crippen molar-refractivity contribution in [2.75, 3.05) is 0 Å². The molecule has 0 atom stereocenters. The van der Waals surface area contributed by atoms with Crippen molar-refractivity contribution in [3.05, 3.63) is 48.6 Å². The quantitative estimate of drug-likeness (QED) is 0.506. The number of allylic oxidation sites excluding steroid dienone is 8. The topological polar surface area (TPSA) is 0 Å². The summed E-state index contributed by atoms with van der Waals surface area (Å²) in [4.78, 5) is 0. The van der Waals surface area contributed by atoms with Crippen LogP contribution >= 0.6 is 0 Å². The van der Waals surface area contributed by atoms with Gasteiger partial charge in [0.25, 0.3) is 0 Å². The molecule has 1 aliphatic carbocycles. The summed E-state index contributed by atoms with van der Waals surface area (Å²) in [6.45, 7) is 0. The zero-order valence-corrected chi connectivity index (χ0v) is 7.45. The molecule has 0 saturated heterocycles. The molecule has 0 amide bonds. The lowest BCUT2D eigenvalue weighted by Gasteiger charge is -1.89. The number of rotatable bonds is 0. The molecule has 0 saturated carbocycles. The van der Waals surface area contributed by atoms with Crippen LogP contribution in [0.5, 0.6) is 0 Å². The maximum Gasteiger partial charge on any atom is -0.0163 e. The zero-order chi connectivity index (χ0) is 8.49. The molecular weight excluding hydrogens is 144 g/mol. The molecule has 1 aliphatic rings. The van der Waals surface area contributed by atoms with Gasteiger partial charge in [0.1, 0.15) is 0 Å². The molecule has 1 rings (SSSR count). The summed E-state index contributed by atoms with van der Waals surface area (Å²) in [5, 5.41) is 0. The Morgan fingerprint density at radius 3 is 1.67 bits per heavy atom. The molecule has 0 heterocycles. The molecule has 0 unspecified atom stereocenters. The van der Waals surface area contributed by atoms with E-state index in [-0.39, 0.29) is 0 Å². The molecule has 0 aromatic heterocycles. The van der Waals surface area contributed by atoms with Crippen LogP contribution in [0, 0.1) is 0 Å². The van der Waals surface area contributed by atoms with E-state index in [0.717, 1.165) is 6.42 Å². The second kappa shape index (κ2) is 6.66. The lowest BCUT2D eigenvalue weighted by Crippen LogP contribution is -1.69. The summed E-state index contributed by atoms with van der Waals surface area (Å²) in [5.74, 6) is 0. The predicted molar refractivity (Wildman–Crippen MR) is 55.0 cm³/mol. The molecule has 0 aromatic carbocycles. The first-order chi connectivity index (χ1) is 6.00. The van der Waals surface area contributed by atoms with E-state index in [4.69, 9.17) is 0 Å². The van der Waals surface area contributed by atoms with Crippen LogP contribution in [0.25, 0.3) is 0 Å². The lowest BCUT2D eigenvalue weighted by atomic mass is 10.2. The molecule has 12 heavy (non-hydrogen) atoms. The van der Waals surface area contributed by atoms with Crippen LogP contribution in [0.2, 0.25) is 0 Å². The Kier molecular flexibility index (Phi) is 5.02. The number of hydrogen-bond donors (Lipinski definition) is 0. The first-order valence-electron chi connectivity index (χ1n) is 4.63. The molecule has 0 nitrogen and oxygen atoms in total. The Morgan fingerprint density at radius 2 is 1.08 bits per heavy atom. The maximum atomic E-state index is 2.23. The fourth-order valence-corrected chi connectivity index (χ4v) is 1.10. The highest BCUT2D eigenvalue weighted by atomic mass is 13.9. The summed E-state index contributed by atoms with van der Waals surface area (Å²) in [7, 11) is 0. The van der Waals surface area contributed by atoms with Crippen molar-refractivity contribution in [3.8, 4) is 0 Å². The largest absolute Gasteiger partial charge is 0.0845 e. The monoisotopic (exact) mass is 160 g/mol. The van der Waals surface area contributed by atoms with Gasteiger partial charge in [-0.15, -0.1) is 0 Å². The summed E-state index contributed by atoms with van der Waals surface area (Å²) >= 11 is 0. The maximum absolute atomic E-state index is 2.23. The Labute approximate surface area is 75.0 Å². The van der Waals surface area contributed by atoms with Gasteiger partial charge in [0.2, 0.25) is 0 Å². The smallest absolute Gasteiger partial charge is 0.0163 e. The third-order valence-electron chi connectivity index (χ3n) is 1.78. The summed E-state index contributed by atoms with van der Waals surface area (Å²) in [6, 6.07) is 0. The highest BCUT2D eigenvalue weighted by Gasteiger charge is 1.79. The van der Waals surface area contributed by atoms with Crippen LogP contribution in [0.3, 0.4) is 0 Å². The summed E-state index contributed by atoms with van der Waals surface area (Å²) < 4.78 is 0. The van der Waals surface area contributed by atoms with Gasteiger partial charge in [-0.1, -0.05) is 48.6 Å². The molecule has 0 radical (unpaired) electrons. The lowest BCUT2D eigenvalue weighted by molar-refractivity contribution is 0.868. The van der Waals surface area contributed by atoms with Crippen molar-refractivity contribution < 1.29 is 0 Å². The van der Waals surface area contributed by atoms with E-state index in [2.05, 4.69) is 48.6 Å². The van der Waals surface area contributed by atoms with Crippen LogP contribution < -0.4 is 0 Å². The van der Waals surface area contributed by atoms with Crippen molar-refractivity contribution in [3.63, 3.8) is 0 Å². The SMILES string of the molecule is C1=CC/C=C/C=CCCCC=C1. The third kappa shape index (κ3) is 4.73. The molecule has 0 fully saturated rings. The van der Waals surface area contributed by atoms with Gasteiger partial charge in [-0.2, -0.15) is 0 Å². The molecule has 64 valence electrons. The molecule has 0 spiro atoms. The van der Waals surface area contributed by atoms with Crippen molar-refractivity contribution in [2.24, 2.45) is 0 Å². The fraction of sp³-hybridized carbons (Fsp3) is 0.333. The van der Waals surface area contributed by atoms with Gasteiger partial charge < -0.3 is 0 Å². The van der Waals surface area contributed by atoms with E-state index in [0.29, 0.717) is 0 Å². The second-order valence-corrected chi connectivity index (χ2v) is 2.88. The molecule has 0 N–H and O–H groups in total. The van der Waals surface area contributed by atoms with E-state index in [9.17, 15) is 0 Å². The van der Waals surface area contributed by atoms with Gasteiger partial charge in [0.05, 0.1) is 0 Å². The Hall–Kier alpha value is -1.04. The average molecular weight is 160 g/mol.